The summed E-state index contributed by atoms with van der Waals surface area (Å²) in [4.78, 5) is 0. The molecule has 2 N–H and O–H groups in total. The number of nitrogens with one attached hydrogen (secondary N) is 1. The second-order valence-corrected chi connectivity index (χ2v) is 5.55. The topological polar surface area (TPSA) is 41.5 Å². The highest BCUT2D eigenvalue weighted by Crippen LogP contribution is 2.27. The first kappa shape index (κ1) is 16.3. The fourth-order valence-corrected chi connectivity index (χ4v) is 2.72. The van der Waals surface area contributed by atoms with Crippen LogP contribution in [0, 0.1) is 0 Å². The molecule has 0 amide bonds. The molecule has 1 unspecified atom stereocenters. The van der Waals surface area contributed by atoms with Crippen LogP contribution in [-0.4, -0.2) is 31.1 Å². The lowest BCUT2D eigenvalue weighted by Crippen LogP contribution is -2.12. The molecular weight excluding hydrogens is 258 g/mol. The quantitative estimate of drug-likeness (QED) is 0.684. The van der Waals surface area contributed by atoms with Crippen LogP contribution in [0.15, 0.2) is 18.2 Å². The Kier molecular flexibility index (Phi) is 7.94. The van der Waals surface area contributed by atoms with Crippen molar-refractivity contribution in [3.8, 4) is 5.75 Å². The minimum absolute atomic E-state index is 0.266. The first-order valence-corrected chi connectivity index (χ1v) is 7.99. The minimum Gasteiger partial charge on any atom is -0.494 e. The Morgan fingerprint density at radius 1 is 1.42 bits per heavy atom. The zero-order valence-electron chi connectivity index (χ0n) is 12.1. The fourth-order valence-electron chi connectivity index (χ4n) is 1.79. The van der Waals surface area contributed by atoms with Crippen molar-refractivity contribution in [3.05, 3.63) is 29.3 Å². The van der Waals surface area contributed by atoms with Gasteiger partial charge in [-0.05, 0) is 50.8 Å². The largest absolute Gasteiger partial charge is 0.494 e. The van der Waals surface area contributed by atoms with Gasteiger partial charge in [-0.25, -0.2) is 0 Å². The molecule has 0 aliphatic heterocycles. The third-order valence-corrected chi connectivity index (χ3v) is 4.11. The van der Waals surface area contributed by atoms with Crippen LogP contribution in [0.5, 0.6) is 5.75 Å². The third-order valence-electron chi connectivity index (χ3n) is 3.02. The lowest BCUT2D eigenvalue weighted by Gasteiger charge is -2.15. The molecule has 0 aromatic heterocycles. The van der Waals surface area contributed by atoms with Gasteiger partial charge < -0.3 is 15.2 Å². The number of rotatable bonds is 9. The predicted molar refractivity (Wildman–Crippen MR) is 83.0 cm³/mol. The first-order chi connectivity index (χ1) is 9.22. The Balaban J connectivity index is 2.76. The number of ether oxygens (including phenoxy) is 1. The maximum atomic E-state index is 8.80. The summed E-state index contributed by atoms with van der Waals surface area (Å²) in [5, 5.41) is 12.1. The zero-order valence-corrected chi connectivity index (χ0v) is 12.9. The van der Waals surface area contributed by atoms with Crippen molar-refractivity contribution in [2.75, 3.05) is 26.0 Å². The van der Waals surface area contributed by atoms with E-state index in [-0.39, 0.29) is 6.61 Å². The lowest BCUT2D eigenvalue weighted by molar-refractivity contribution is 0.296. The third kappa shape index (κ3) is 5.43. The zero-order chi connectivity index (χ0) is 14.1. The lowest BCUT2D eigenvalue weighted by atomic mass is 10.1. The molecule has 0 bridgehead atoms. The van der Waals surface area contributed by atoms with Crippen LogP contribution >= 0.6 is 11.8 Å². The van der Waals surface area contributed by atoms with Gasteiger partial charge in [0.25, 0.3) is 0 Å². The van der Waals surface area contributed by atoms with E-state index >= 15 is 0 Å². The second kappa shape index (κ2) is 9.23. The van der Waals surface area contributed by atoms with Gasteiger partial charge in [-0.15, -0.1) is 0 Å². The van der Waals surface area contributed by atoms with Gasteiger partial charge in [0.2, 0.25) is 0 Å². The van der Waals surface area contributed by atoms with Crippen molar-refractivity contribution in [2.24, 2.45) is 0 Å². The number of aliphatic hydroxyl groups is 1. The maximum Gasteiger partial charge on any atom is 0.123 e. The molecule has 19 heavy (non-hydrogen) atoms. The van der Waals surface area contributed by atoms with Crippen molar-refractivity contribution < 1.29 is 9.84 Å². The van der Waals surface area contributed by atoms with Gasteiger partial charge in [-0.1, -0.05) is 6.07 Å². The van der Waals surface area contributed by atoms with Crippen LogP contribution in [0.1, 0.15) is 37.4 Å². The Hall–Kier alpha value is -0.710. The van der Waals surface area contributed by atoms with Crippen LogP contribution in [0.3, 0.4) is 0 Å². The molecular formula is C15H25NO2S. The number of benzene rings is 1. The van der Waals surface area contributed by atoms with E-state index in [9.17, 15) is 0 Å². The van der Waals surface area contributed by atoms with Crippen molar-refractivity contribution >= 4 is 11.8 Å². The van der Waals surface area contributed by atoms with Gasteiger partial charge in [0.05, 0.1) is 6.61 Å². The molecule has 0 aliphatic carbocycles. The number of aliphatic hydroxyl groups excluding tert-OH is 1. The van der Waals surface area contributed by atoms with Crippen molar-refractivity contribution in [1.82, 2.24) is 5.32 Å². The molecule has 0 heterocycles. The van der Waals surface area contributed by atoms with Crippen LogP contribution in [0.4, 0.5) is 0 Å². The molecule has 0 saturated heterocycles. The summed E-state index contributed by atoms with van der Waals surface area (Å²) in [6.45, 7) is 5.11. The van der Waals surface area contributed by atoms with E-state index in [4.69, 9.17) is 9.84 Å². The maximum absolute atomic E-state index is 8.80. The molecule has 1 aromatic carbocycles. The molecule has 1 aromatic rings. The summed E-state index contributed by atoms with van der Waals surface area (Å²) in [5.41, 5.74) is 2.52. The Bertz CT molecular complexity index is 371. The highest BCUT2D eigenvalue weighted by atomic mass is 32.2. The highest BCUT2D eigenvalue weighted by molar-refractivity contribution is 7.98. The smallest absolute Gasteiger partial charge is 0.123 e. The summed E-state index contributed by atoms with van der Waals surface area (Å²) in [7, 11) is 1.97. The van der Waals surface area contributed by atoms with Crippen molar-refractivity contribution in [2.45, 2.75) is 32.1 Å². The van der Waals surface area contributed by atoms with Crippen molar-refractivity contribution in [1.29, 1.82) is 0 Å². The molecule has 0 radical (unpaired) electrons. The standard InChI is InChI=1S/C15H25NO2S/c1-4-18-15-7-6-13(12(2)16-3)10-14(15)11-19-9-5-8-17/h6-7,10,12,16-17H,4-5,8-9,11H2,1-3H3. The van der Waals surface area contributed by atoms with Crippen LogP contribution in [0.25, 0.3) is 0 Å². The normalized spacial score (nSPS) is 12.4. The van der Waals surface area contributed by atoms with Gasteiger partial charge in [0.15, 0.2) is 0 Å². The molecule has 0 spiro atoms. The number of hydrogen-bond donors (Lipinski definition) is 2. The molecule has 0 aliphatic rings. The van der Waals surface area contributed by atoms with E-state index < -0.39 is 0 Å². The number of thioether (sulfide) groups is 1. The molecule has 1 rings (SSSR count). The molecule has 108 valence electrons. The molecule has 1 atom stereocenters. The van der Waals surface area contributed by atoms with Crippen LogP contribution in [0.2, 0.25) is 0 Å². The summed E-state index contributed by atoms with van der Waals surface area (Å²) in [5.74, 6) is 2.89. The molecule has 4 heteroatoms. The van der Waals surface area contributed by atoms with Gasteiger partial charge >= 0.3 is 0 Å². The van der Waals surface area contributed by atoms with E-state index in [1.54, 1.807) is 0 Å². The average molecular weight is 283 g/mol. The Labute approximate surface area is 120 Å². The van der Waals surface area contributed by atoms with E-state index in [1.807, 2.05) is 25.7 Å². The first-order valence-electron chi connectivity index (χ1n) is 6.84. The molecule has 3 nitrogen and oxygen atoms in total. The van der Waals surface area contributed by atoms with Gasteiger partial charge in [0, 0.05) is 24.0 Å². The SMILES string of the molecule is CCOc1ccc(C(C)NC)cc1CSCCCO. The van der Waals surface area contributed by atoms with Gasteiger partial charge in [0.1, 0.15) is 5.75 Å². The minimum atomic E-state index is 0.266. The molecule has 0 fully saturated rings. The van der Waals surface area contributed by atoms with Gasteiger partial charge in [-0.2, -0.15) is 11.8 Å². The monoisotopic (exact) mass is 283 g/mol. The highest BCUT2D eigenvalue weighted by Gasteiger charge is 2.08. The average Bonchev–Trinajstić information content (AvgIpc) is 2.44. The summed E-state index contributed by atoms with van der Waals surface area (Å²) >= 11 is 1.84. The summed E-state index contributed by atoms with van der Waals surface area (Å²) in [6.07, 6.45) is 0.848. The van der Waals surface area contributed by atoms with Crippen molar-refractivity contribution in [3.63, 3.8) is 0 Å². The number of hydrogen-bond acceptors (Lipinski definition) is 4. The predicted octanol–water partition coefficient (Wildman–Crippen LogP) is 2.98. The van der Waals surface area contributed by atoms with Crippen LogP contribution < -0.4 is 10.1 Å². The second-order valence-electron chi connectivity index (χ2n) is 4.44. The fraction of sp³-hybridized carbons (Fsp3) is 0.600. The van der Waals surface area contributed by atoms with E-state index in [2.05, 4.69) is 30.4 Å². The van der Waals surface area contributed by atoms with E-state index in [0.717, 1.165) is 23.7 Å². The van der Waals surface area contributed by atoms with E-state index in [0.29, 0.717) is 12.6 Å². The molecule has 0 saturated carbocycles. The van der Waals surface area contributed by atoms with Gasteiger partial charge in [-0.3, -0.25) is 0 Å². The van der Waals surface area contributed by atoms with E-state index in [1.165, 1.54) is 11.1 Å². The Morgan fingerprint density at radius 2 is 2.21 bits per heavy atom. The Morgan fingerprint density at radius 3 is 2.84 bits per heavy atom. The van der Waals surface area contributed by atoms with Crippen LogP contribution in [-0.2, 0) is 5.75 Å². The summed E-state index contributed by atoms with van der Waals surface area (Å²) in [6, 6.07) is 6.75. The summed E-state index contributed by atoms with van der Waals surface area (Å²) < 4.78 is 5.68.